The van der Waals surface area contributed by atoms with E-state index in [1.54, 1.807) is 6.07 Å². The monoisotopic (exact) mass is 370 g/mol. The number of ether oxygens (including phenoxy) is 1. The van der Waals surface area contributed by atoms with Gasteiger partial charge in [-0.1, -0.05) is 18.2 Å². The largest absolute Gasteiger partial charge is 0.487 e. The lowest BCUT2D eigenvalue weighted by Crippen LogP contribution is -2.46. The molecule has 1 aliphatic carbocycles. The highest BCUT2D eigenvalue weighted by Crippen LogP contribution is 2.39. The van der Waals surface area contributed by atoms with Gasteiger partial charge >= 0.3 is 6.03 Å². The number of carbonyl (C=O) groups is 1. The maximum absolute atomic E-state index is 13.6. The van der Waals surface area contributed by atoms with Crippen LogP contribution in [0, 0.1) is 11.7 Å². The number of urea groups is 1. The quantitative estimate of drug-likeness (QED) is 0.841. The Morgan fingerprint density at radius 2 is 2.22 bits per heavy atom. The van der Waals surface area contributed by atoms with Gasteiger partial charge in [0.15, 0.2) is 0 Å². The number of hydrazone groups is 1. The van der Waals surface area contributed by atoms with E-state index in [9.17, 15) is 9.18 Å². The fourth-order valence-electron chi connectivity index (χ4n) is 3.87. The number of nitrogens with zero attached hydrogens (tertiary/aromatic N) is 2. The summed E-state index contributed by atoms with van der Waals surface area (Å²) in [6.07, 6.45) is 8.32. The lowest BCUT2D eigenvalue weighted by molar-refractivity contribution is 0.0675. The Kier molecular flexibility index (Phi) is 4.17. The Balaban J connectivity index is 1.49. The van der Waals surface area contributed by atoms with Gasteiger partial charge < -0.3 is 15.4 Å². The molecule has 0 radical (unpaired) electrons. The molecule has 4 rings (SSSR count). The number of benzene rings is 1. The highest BCUT2D eigenvalue weighted by molar-refractivity contribution is 5.79. The Hall–Kier alpha value is -2.83. The van der Waals surface area contributed by atoms with Crippen LogP contribution in [0.2, 0.25) is 0 Å². The number of likely N-dealkylation sites (N-methyl/N-ethyl adjacent to an activating group) is 1. The fourth-order valence-corrected chi connectivity index (χ4v) is 3.87. The Morgan fingerprint density at radius 1 is 1.41 bits per heavy atom. The second-order valence-electron chi connectivity index (χ2n) is 7.76. The third-order valence-electron chi connectivity index (χ3n) is 5.15. The molecule has 3 aliphatic rings. The molecule has 0 aromatic heterocycles. The number of allylic oxidation sites excluding steroid dienone is 2. The minimum Gasteiger partial charge on any atom is -0.487 e. The predicted molar refractivity (Wildman–Crippen MR) is 101 cm³/mol. The van der Waals surface area contributed by atoms with E-state index in [2.05, 4.69) is 21.8 Å². The van der Waals surface area contributed by atoms with Crippen molar-refractivity contribution in [3.8, 4) is 5.75 Å². The molecule has 2 heterocycles. The van der Waals surface area contributed by atoms with Crippen LogP contribution in [0.25, 0.3) is 0 Å². The maximum Gasteiger partial charge on any atom is 0.319 e. The molecule has 2 N–H and O–H groups in total. The third-order valence-corrected chi connectivity index (χ3v) is 5.15. The van der Waals surface area contributed by atoms with E-state index in [0.29, 0.717) is 12.2 Å². The van der Waals surface area contributed by atoms with Crippen LogP contribution in [0.3, 0.4) is 0 Å². The topological polar surface area (TPSA) is 66.0 Å². The summed E-state index contributed by atoms with van der Waals surface area (Å²) in [6, 6.07) is 3.98. The molecule has 0 saturated heterocycles. The van der Waals surface area contributed by atoms with Crippen molar-refractivity contribution >= 4 is 12.2 Å². The Morgan fingerprint density at radius 3 is 3.04 bits per heavy atom. The summed E-state index contributed by atoms with van der Waals surface area (Å²) in [7, 11) is 1.91. The maximum atomic E-state index is 13.6. The van der Waals surface area contributed by atoms with Gasteiger partial charge in [-0.25, -0.2) is 9.18 Å². The Labute approximate surface area is 157 Å². The Bertz CT molecular complexity index is 862. The second kappa shape index (κ2) is 6.40. The molecule has 0 saturated carbocycles. The summed E-state index contributed by atoms with van der Waals surface area (Å²) in [5.41, 5.74) is 1.08. The molecule has 6 nitrogen and oxygen atoms in total. The van der Waals surface area contributed by atoms with Crippen LogP contribution < -0.4 is 15.4 Å². The van der Waals surface area contributed by atoms with Crippen LogP contribution in [-0.2, 0) is 0 Å². The summed E-state index contributed by atoms with van der Waals surface area (Å²) in [4.78, 5) is 12.7. The van der Waals surface area contributed by atoms with Gasteiger partial charge in [-0.05, 0) is 26.0 Å². The molecule has 142 valence electrons. The van der Waals surface area contributed by atoms with Gasteiger partial charge in [-0.2, -0.15) is 5.10 Å². The zero-order valence-electron chi connectivity index (χ0n) is 15.6. The summed E-state index contributed by atoms with van der Waals surface area (Å²) in [6.45, 7) is 3.86. The molecule has 3 atom stereocenters. The molecule has 27 heavy (non-hydrogen) atoms. The van der Waals surface area contributed by atoms with Crippen molar-refractivity contribution in [1.29, 1.82) is 0 Å². The van der Waals surface area contributed by atoms with Gasteiger partial charge in [0.05, 0.1) is 18.0 Å². The number of carbonyl (C=O) groups excluding carboxylic acids is 1. The number of rotatable bonds is 2. The van der Waals surface area contributed by atoms with Gasteiger partial charge in [-0.3, -0.25) is 5.01 Å². The van der Waals surface area contributed by atoms with E-state index in [4.69, 9.17) is 4.74 Å². The first-order valence-corrected chi connectivity index (χ1v) is 9.04. The average Bonchev–Trinajstić information content (AvgIpc) is 2.96. The smallest absolute Gasteiger partial charge is 0.319 e. The van der Waals surface area contributed by atoms with Gasteiger partial charge in [0.2, 0.25) is 0 Å². The first-order chi connectivity index (χ1) is 12.8. The molecule has 1 aromatic rings. The average molecular weight is 370 g/mol. The highest BCUT2D eigenvalue weighted by Gasteiger charge is 2.36. The number of fused-ring (bicyclic) bond motifs is 2. The zero-order valence-corrected chi connectivity index (χ0v) is 15.6. The van der Waals surface area contributed by atoms with Crippen LogP contribution in [0.1, 0.15) is 31.9 Å². The molecule has 0 spiro atoms. The van der Waals surface area contributed by atoms with Crippen molar-refractivity contribution in [2.45, 2.75) is 38.0 Å². The van der Waals surface area contributed by atoms with Crippen molar-refractivity contribution < 1.29 is 13.9 Å². The van der Waals surface area contributed by atoms with E-state index >= 15 is 0 Å². The predicted octanol–water partition coefficient (Wildman–Crippen LogP) is 3.10. The van der Waals surface area contributed by atoms with Gasteiger partial charge in [-0.15, -0.1) is 0 Å². The molecule has 2 amide bonds. The van der Waals surface area contributed by atoms with Crippen molar-refractivity contribution in [2.75, 3.05) is 7.05 Å². The van der Waals surface area contributed by atoms with Crippen LogP contribution in [0.15, 0.2) is 47.2 Å². The normalized spacial score (nSPS) is 27.3. The number of halogens is 1. The summed E-state index contributed by atoms with van der Waals surface area (Å²) in [5, 5.41) is 12.1. The molecule has 7 heteroatoms. The minimum atomic E-state index is -0.502. The SMILES string of the molecule is CN1N=CC2C(NC(=O)N[C@@H]3CC(C)(C)Oc4cc(F)ccc43)=CC=CC21. The molecule has 0 fully saturated rings. The van der Waals surface area contributed by atoms with Crippen molar-refractivity contribution in [1.82, 2.24) is 15.6 Å². The number of hydrogen-bond donors (Lipinski definition) is 2. The van der Waals surface area contributed by atoms with Crippen LogP contribution >= 0.6 is 0 Å². The fraction of sp³-hybridized carbons (Fsp3) is 0.400. The van der Waals surface area contributed by atoms with Gasteiger partial charge in [0.25, 0.3) is 0 Å². The van der Waals surface area contributed by atoms with E-state index < -0.39 is 5.60 Å². The van der Waals surface area contributed by atoms with Crippen molar-refractivity contribution in [3.05, 3.63) is 53.5 Å². The summed E-state index contributed by atoms with van der Waals surface area (Å²) >= 11 is 0. The first-order valence-electron chi connectivity index (χ1n) is 9.04. The van der Waals surface area contributed by atoms with E-state index in [1.165, 1.54) is 12.1 Å². The standard InChI is InChI=1S/C20H23FN4O2/c1-20(2)10-16(13-8-7-12(21)9-18(13)27-20)24-19(26)23-15-5-4-6-17-14(15)11-22-25(17)3/h4-9,11,14,16-17H,10H2,1-3H3,(H2,23,24,26)/t14?,16-,17?/m1/s1. The van der Waals surface area contributed by atoms with E-state index in [1.807, 2.05) is 44.3 Å². The lowest BCUT2D eigenvalue weighted by Gasteiger charge is -2.38. The molecule has 1 aromatic carbocycles. The molecular weight excluding hydrogens is 347 g/mol. The van der Waals surface area contributed by atoms with Crippen molar-refractivity contribution in [3.63, 3.8) is 0 Å². The lowest BCUT2D eigenvalue weighted by atomic mass is 9.89. The second-order valence-corrected chi connectivity index (χ2v) is 7.76. The minimum absolute atomic E-state index is 0.0262. The van der Waals surface area contributed by atoms with Gasteiger partial charge in [0, 0.05) is 37.0 Å². The van der Waals surface area contributed by atoms with E-state index in [-0.39, 0.29) is 29.8 Å². The van der Waals surface area contributed by atoms with E-state index in [0.717, 1.165) is 11.3 Å². The summed E-state index contributed by atoms with van der Waals surface area (Å²) in [5.74, 6) is 0.142. The van der Waals surface area contributed by atoms with Crippen LogP contribution in [0.5, 0.6) is 5.75 Å². The highest BCUT2D eigenvalue weighted by atomic mass is 19.1. The number of amides is 2. The summed E-state index contributed by atoms with van der Waals surface area (Å²) < 4.78 is 19.5. The molecular formula is C20H23FN4O2. The number of nitrogens with one attached hydrogen (secondary N) is 2. The number of hydrogen-bond acceptors (Lipinski definition) is 4. The third kappa shape index (κ3) is 3.41. The zero-order chi connectivity index (χ0) is 19.2. The van der Waals surface area contributed by atoms with Crippen molar-refractivity contribution in [2.24, 2.45) is 11.0 Å². The molecule has 2 unspecified atom stereocenters. The van der Waals surface area contributed by atoms with Crippen LogP contribution in [-0.4, -0.2) is 35.9 Å². The van der Waals surface area contributed by atoms with Crippen LogP contribution in [0.4, 0.5) is 9.18 Å². The first kappa shape index (κ1) is 17.6. The molecule has 0 bridgehead atoms. The van der Waals surface area contributed by atoms with Gasteiger partial charge in [0.1, 0.15) is 17.2 Å². The molecule has 2 aliphatic heterocycles.